The molecule has 0 aromatic heterocycles. The van der Waals surface area contributed by atoms with Crippen molar-refractivity contribution in [1.82, 2.24) is 4.90 Å². The minimum atomic E-state index is 0.134. The van der Waals surface area contributed by atoms with E-state index in [0.717, 1.165) is 12.5 Å². The molecule has 1 heterocycles. The predicted octanol–water partition coefficient (Wildman–Crippen LogP) is 3.42. The molecule has 2 nitrogen and oxygen atoms in total. The van der Waals surface area contributed by atoms with Crippen molar-refractivity contribution in [3.05, 3.63) is 34.9 Å². The molecule has 0 radical (unpaired) electrons. The highest BCUT2D eigenvalue weighted by Gasteiger charge is 2.24. The predicted molar refractivity (Wildman–Crippen MR) is 82.3 cm³/mol. The minimum Gasteiger partial charge on any atom is -0.323 e. The van der Waals surface area contributed by atoms with Gasteiger partial charge < -0.3 is 5.73 Å². The molecule has 3 unspecified atom stereocenters. The maximum Gasteiger partial charge on any atom is 0.0424 e. The van der Waals surface area contributed by atoms with Gasteiger partial charge >= 0.3 is 0 Å². The zero-order valence-corrected chi connectivity index (χ0v) is 12.8. The third-order valence-corrected chi connectivity index (χ3v) is 4.67. The lowest BCUT2D eigenvalue weighted by Gasteiger charge is -2.38. The Morgan fingerprint density at radius 2 is 2.00 bits per heavy atom. The van der Waals surface area contributed by atoms with Crippen LogP contribution in [-0.2, 0) is 0 Å². The first-order valence-corrected chi connectivity index (χ1v) is 7.54. The van der Waals surface area contributed by atoms with Gasteiger partial charge in [0.15, 0.2) is 0 Å². The van der Waals surface area contributed by atoms with Gasteiger partial charge in [-0.15, -0.1) is 0 Å². The van der Waals surface area contributed by atoms with E-state index in [1.807, 2.05) is 0 Å². The van der Waals surface area contributed by atoms with Crippen molar-refractivity contribution in [2.75, 3.05) is 13.1 Å². The number of nitrogens with zero attached hydrogens (tertiary/aromatic N) is 1. The summed E-state index contributed by atoms with van der Waals surface area (Å²) in [4.78, 5) is 2.56. The molecule has 0 bridgehead atoms. The topological polar surface area (TPSA) is 29.3 Å². The fourth-order valence-electron chi connectivity index (χ4n) is 3.08. The standard InChI is InChI=1S/C17H28N2/c1-12-7-8-19(15(4)9-12)11-17(18)16-6-5-13(2)14(3)10-16/h5-6,10,12,15,17H,7-9,11,18H2,1-4H3. The van der Waals surface area contributed by atoms with Gasteiger partial charge in [0, 0.05) is 18.6 Å². The lowest BCUT2D eigenvalue weighted by atomic mass is 9.92. The maximum absolute atomic E-state index is 6.40. The number of nitrogens with two attached hydrogens (primary N) is 1. The van der Waals surface area contributed by atoms with Gasteiger partial charge in [0.25, 0.3) is 0 Å². The summed E-state index contributed by atoms with van der Waals surface area (Å²) >= 11 is 0. The highest BCUT2D eigenvalue weighted by atomic mass is 15.2. The SMILES string of the molecule is Cc1ccc(C(N)CN2CCC(C)CC2C)cc1C. The van der Waals surface area contributed by atoms with Crippen LogP contribution in [0.3, 0.4) is 0 Å². The van der Waals surface area contributed by atoms with Crippen molar-refractivity contribution in [2.45, 2.75) is 52.6 Å². The Balaban J connectivity index is 2.00. The van der Waals surface area contributed by atoms with Gasteiger partial charge in [0.1, 0.15) is 0 Å². The fourth-order valence-corrected chi connectivity index (χ4v) is 3.08. The summed E-state index contributed by atoms with van der Waals surface area (Å²) in [7, 11) is 0. The van der Waals surface area contributed by atoms with E-state index in [9.17, 15) is 0 Å². The number of aryl methyl sites for hydroxylation is 2. The Morgan fingerprint density at radius 3 is 2.63 bits per heavy atom. The Hall–Kier alpha value is -0.860. The van der Waals surface area contributed by atoms with E-state index in [4.69, 9.17) is 5.73 Å². The van der Waals surface area contributed by atoms with E-state index >= 15 is 0 Å². The van der Waals surface area contributed by atoms with Crippen molar-refractivity contribution in [2.24, 2.45) is 11.7 Å². The average molecular weight is 260 g/mol. The molecule has 2 heteroatoms. The van der Waals surface area contributed by atoms with Crippen molar-refractivity contribution in [1.29, 1.82) is 0 Å². The molecular weight excluding hydrogens is 232 g/mol. The molecule has 1 aliphatic heterocycles. The van der Waals surface area contributed by atoms with E-state index in [2.05, 4.69) is 50.8 Å². The molecule has 1 fully saturated rings. The molecule has 106 valence electrons. The maximum atomic E-state index is 6.40. The zero-order valence-electron chi connectivity index (χ0n) is 12.8. The van der Waals surface area contributed by atoms with Crippen molar-refractivity contribution in [3.63, 3.8) is 0 Å². The third kappa shape index (κ3) is 3.58. The summed E-state index contributed by atoms with van der Waals surface area (Å²) in [5.41, 5.74) is 10.4. The Bertz CT molecular complexity index is 427. The number of rotatable bonds is 3. The van der Waals surface area contributed by atoms with E-state index in [1.165, 1.54) is 36.1 Å². The van der Waals surface area contributed by atoms with Crippen LogP contribution in [0.5, 0.6) is 0 Å². The quantitative estimate of drug-likeness (QED) is 0.902. The first-order valence-electron chi connectivity index (χ1n) is 7.54. The second-order valence-electron chi connectivity index (χ2n) is 6.42. The molecule has 1 aliphatic rings. The largest absolute Gasteiger partial charge is 0.323 e. The van der Waals surface area contributed by atoms with E-state index < -0.39 is 0 Å². The normalized spacial score (nSPS) is 26.4. The van der Waals surface area contributed by atoms with Gasteiger partial charge in [-0.05, 0) is 62.8 Å². The number of hydrogen-bond donors (Lipinski definition) is 1. The molecule has 0 saturated carbocycles. The summed E-state index contributed by atoms with van der Waals surface area (Å²) in [6, 6.07) is 7.42. The summed E-state index contributed by atoms with van der Waals surface area (Å²) in [5.74, 6) is 0.865. The fraction of sp³-hybridized carbons (Fsp3) is 0.647. The van der Waals surface area contributed by atoms with Crippen LogP contribution < -0.4 is 5.73 Å². The lowest BCUT2D eigenvalue weighted by Crippen LogP contribution is -2.43. The summed E-state index contributed by atoms with van der Waals surface area (Å²) in [6.45, 7) is 11.2. The summed E-state index contributed by atoms with van der Waals surface area (Å²) in [6.07, 6.45) is 2.61. The van der Waals surface area contributed by atoms with Gasteiger partial charge in [0.2, 0.25) is 0 Å². The Morgan fingerprint density at radius 1 is 1.26 bits per heavy atom. The molecule has 0 spiro atoms. The van der Waals surface area contributed by atoms with E-state index in [0.29, 0.717) is 6.04 Å². The zero-order chi connectivity index (χ0) is 14.0. The minimum absolute atomic E-state index is 0.134. The molecule has 3 atom stereocenters. The molecule has 0 aliphatic carbocycles. The molecule has 0 amide bonds. The van der Waals surface area contributed by atoms with Crippen molar-refractivity contribution < 1.29 is 0 Å². The number of likely N-dealkylation sites (tertiary alicyclic amines) is 1. The van der Waals surface area contributed by atoms with Gasteiger partial charge in [-0.2, -0.15) is 0 Å². The number of piperidine rings is 1. The van der Waals surface area contributed by atoms with Crippen LogP contribution in [0.2, 0.25) is 0 Å². The molecule has 1 saturated heterocycles. The first-order chi connectivity index (χ1) is 8.97. The number of benzene rings is 1. The molecular formula is C17H28N2. The van der Waals surface area contributed by atoms with Gasteiger partial charge in [-0.1, -0.05) is 25.1 Å². The van der Waals surface area contributed by atoms with E-state index in [1.54, 1.807) is 0 Å². The monoisotopic (exact) mass is 260 g/mol. The number of hydrogen-bond acceptors (Lipinski definition) is 2. The van der Waals surface area contributed by atoms with Crippen LogP contribution in [0.15, 0.2) is 18.2 Å². The van der Waals surface area contributed by atoms with Gasteiger partial charge in [-0.25, -0.2) is 0 Å². The first kappa shape index (κ1) is 14.5. The second kappa shape index (κ2) is 6.06. The molecule has 19 heavy (non-hydrogen) atoms. The van der Waals surface area contributed by atoms with Crippen LogP contribution in [0.25, 0.3) is 0 Å². The Labute approximate surface area is 118 Å². The molecule has 2 N–H and O–H groups in total. The molecule has 2 rings (SSSR count). The van der Waals surface area contributed by atoms with Crippen LogP contribution in [0.1, 0.15) is 49.4 Å². The highest BCUT2D eigenvalue weighted by Crippen LogP contribution is 2.24. The molecule has 1 aromatic rings. The van der Waals surface area contributed by atoms with Crippen LogP contribution in [-0.4, -0.2) is 24.0 Å². The van der Waals surface area contributed by atoms with Crippen molar-refractivity contribution in [3.8, 4) is 0 Å². The lowest BCUT2D eigenvalue weighted by molar-refractivity contribution is 0.122. The molecule has 1 aromatic carbocycles. The van der Waals surface area contributed by atoms with Gasteiger partial charge in [-0.3, -0.25) is 4.90 Å². The van der Waals surface area contributed by atoms with Crippen LogP contribution in [0.4, 0.5) is 0 Å². The average Bonchev–Trinajstić information content (AvgIpc) is 2.36. The smallest absolute Gasteiger partial charge is 0.0424 e. The van der Waals surface area contributed by atoms with Crippen LogP contribution in [0, 0.1) is 19.8 Å². The van der Waals surface area contributed by atoms with E-state index in [-0.39, 0.29) is 6.04 Å². The Kier molecular flexibility index (Phi) is 4.64. The summed E-state index contributed by atoms with van der Waals surface area (Å²) < 4.78 is 0. The van der Waals surface area contributed by atoms with Gasteiger partial charge in [0.05, 0.1) is 0 Å². The van der Waals surface area contributed by atoms with Crippen LogP contribution >= 0.6 is 0 Å². The van der Waals surface area contributed by atoms with Crippen molar-refractivity contribution >= 4 is 0 Å². The second-order valence-corrected chi connectivity index (χ2v) is 6.42. The summed E-state index contributed by atoms with van der Waals surface area (Å²) in [5, 5.41) is 0. The third-order valence-electron chi connectivity index (χ3n) is 4.67. The highest BCUT2D eigenvalue weighted by molar-refractivity contribution is 5.31.